The molecular formula is C20H27N. The Bertz CT molecular complexity index is 565. The molecule has 0 bridgehead atoms. The van der Waals surface area contributed by atoms with Crippen LogP contribution in [0.3, 0.4) is 0 Å². The van der Waals surface area contributed by atoms with Gasteiger partial charge >= 0.3 is 0 Å². The Morgan fingerprint density at radius 1 is 1.19 bits per heavy atom. The quantitative estimate of drug-likeness (QED) is 0.724. The molecule has 21 heavy (non-hydrogen) atoms. The highest BCUT2D eigenvalue weighted by atomic mass is 15.2. The molecule has 1 nitrogen and oxygen atoms in total. The SMILES string of the molecule is CC1=CCC2C(=C1)N(Cc1ccccc1)C(C)(C)CC2C. The van der Waals surface area contributed by atoms with Gasteiger partial charge in [-0.15, -0.1) is 0 Å². The summed E-state index contributed by atoms with van der Waals surface area (Å²) in [5.74, 6) is 1.47. The molecule has 2 atom stereocenters. The second-order valence-corrected chi connectivity index (χ2v) is 7.43. The number of fused-ring (bicyclic) bond motifs is 1. The molecule has 0 saturated carbocycles. The number of likely N-dealkylation sites (tertiary alicyclic amines) is 1. The van der Waals surface area contributed by atoms with Gasteiger partial charge in [0.2, 0.25) is 0 Å². The van der Waals surface area contributed by atoms with Crippen molar-refractivity contribution in [3.05, 3.63) is 59.3 Å². The molecule has 0 spiro atoms. The van der Waals surface area contributed by atoms with E-state index in [4.69, 9.17) is 0 Å². The number of hydrogen-bond donors (Lipinski definition) is 0. The molecular weight excluding hydrogens is 254 g/mol. The van der Waals surface area contributed by atoms with Crippen LogP contribution in [0, 0.1) is 11.8 Å². The lowest BCUT2D eigenvalue weighted by atomic mass is 9.72. The van der Waals surface area contributed by atoms with Gasteiger partial charge in [-0.1, -0.05) is 48.9 Å². The highest BCUT2D eigenvalue weighted by molar-refractivity contribution is 5.31. The van der Waals surface area contributed by atoms with Crippen LogP contribution in [0.1, 0.15) is 46.1 Å². The fourth-order valence-corrected chi connectivity index (χ4v) is 4.10. The van der Waals surface area contributed by atoms with Crippen molar-refractivity contribution >= 4 is 0 Å². The summed E-state index contributed by atoms with van der Waals surface area (Å²) in [6, 6.07) is 10.9. The van der Waals surface area contributed by atoms with Gasteiger partial charge in [-0.25, -0.2) is 0 Å². The molecule has 1 aliphatic heterocycles. The van der Waals surface area contributed by atoms with E-state index in [1.807, 2.05) is 0 Å². The van der Waals surface area contributed by atoms with Gasteiger partial charge < -0.3 is 4.90 Å². The van der Waals surface area contributed by atoms with Crippen LogP contribution >= 0.6 is 0 Å². The van der Waals surface area contributed by atoms with Crippen molar-refractivity contribution in [2.24, 2.45) is 11.8 Å². The lowest BCUT2D eigenvalue weighted by Crippen LogP contribution is -2.51. The number of rotatable bonds is 2. The van der Waals surface area contributed by atoms with Crippen LogP contribution in [0.4, 0.5) is 0 Å². The summed E-state index contributed by atoms with van der Waals surface area (Å²) < 4.78 is 0. The first kappa shape index (κ1) is 14.4. The first-order valence-corrected chi connectivity index (χ1v) is 8.17. The van der Waals surface area contributed by atoms with Gasteiger partial charge in [0.05, 0.1) is 0 Å². The van der Waals surface area contributed by atoms with Gasteiger partial charge in [-0.3, -0.25) is 0 Å². The molecule has 0 radical (unpaired) electrons. The maximum Gasteiger partial charge on any atom is 0.0432 e. The summed E-state index contributed by atoms with van der Waals surface area (Å²) >= 11 is 0. The smallest absolute Gasteiger partial charge is 0.0432 e. The monoisotopic (exact) mass is 281 g/mol. The third kappa shape index (κ3) is 2.79. The van der Waals surface area contributed by atoms with Crippen molar-refractivity contribution in [2.45, 2.75) is 52.6 Å². The molecule has 112 valence electrons. The van der Waals surface area contributed by atoms with E-state index in [1.165, 1.54) is 24.0 Å². The highest BCUT2D eigenvalue weighted by Gasteiger charge is 2.41. The zero-order valence-corrected chi connectivity index (χ0v) is 13.8. The number of piperidine rings is 1. The maximum atomic E-state index is 2.66. The minimum absolute atomic E-state index is 0.231. The van der Waals surface area contributed by atoms with Crippen molar-refractivity contribution in [1.29, 1.82) is 0 Å². The van der Waals surface area contributed by atoms with Crippen molar-refractivity contribution in [1.82, 2.24) is 4.90 Å². The minimum atomic E-state index is 0.231. The van der Waals surface area contributed by atoms with Crippen molar-refractivity contribution < 1.29 is 0 Å². The molecule has 2 unspecified atom stereocenters. The molecule has 0 aromatic heterocycles. The second kappa shape index (κ2) is 5.36. The molecule has 2 aliphatic rings. The summed E-state index contributed by atoms with van der Waals surface area (Å²) in [6.07, 6.45) is 7.31. The number of allylic oxidation sites excluding steroid dienone is 4. The van der Waals surface area contributed by atoms with Crippen LogP contribution in [0.2, 0.25) is 0 Å². The van der Waals surface area contributed by atoms with Crippen LogP contribution in [-0.4, -0.2) is 10.4 Å². The highest BCUT2D eigenvalue weighted by Crippen LogP contribution is 2.45. The summed E-state index contributed by atoms with van der Waals surface area (Å²) in [7, 11) is 0. The molecule has 3 rings (SSSR count). The third-order valence-corrected chi connectivity index (χ3v) is 5.18. The predicted octanol–water partition coefficient (Wildman–Crippen LogP) is 5.16. The molecule has 1 aromatic rings. The van der Waals surface area contributed by atoms with E-state index in [-0.39, 0.29) is 5.54 Å². The molecule has 1 aliphatic carbocycles. The zero-order chi connectivity index (χ0) is 15.0. The van der Waals surface area contributed by atoms with Crippen LogP contribution in [0.15, 0.2) is 53.8 Å². The molecule has 1 heterocycles. The Balaban J connectivity index is 1.96. The number of nitrogens with zero attached hydrogens (tertiary/aromatic N) is 1. The average molecular weight is 281 g/mol. The van der Waals surface area contributed by atoms with Gasteiger partial charge in [0.1, 0.15) is 0 Å². The Kier molecular flexibility index (Phi) is 3.69. The summed E-state index contributed by atoms with van der Waals surface area (Å²) in [5, 5.41) is 0. The number of benzene rings is 1. The standard InChI is InChI=1S/C20H27N/c1-15-10-11-18-16(2)13-20(3,4)21(19(18)12-15)14-17-8-6-5-7-9-17/h5-10,12,16,18H,11,13-14H2,1-4H3. The lowest BCUT2D eigenvalue weighted by molar-refractivity contribution is 0.0526. The largest absolute Gasteiger partial charge is 0.365 e. The second-order valence-electron chi connectivity index (χ2n) is 7.43. The first-order chi connectivity index (χ1) is 9.97. The van der Waals surface area contributed by atoms with Crippen LogP contribution < -0.4 is 0 Å². The van der Waals surface area contributed by atoms with E-state index in [0.29, 0.717) is 5.92 Å². The molecule has 1 aromatic carbocycles. The molecule has 1 saturated heterocycles. The van der Waals surface area contributed by atoms with E-state index in [1.54, 1.807) is 5.70 Å². The van der Waals surface area contributed by atoms with Crippen LogP contribution in [-0.2, 0) is 6.54 Å². The van der Waals surface area contributed by atoms with Gasteiger partial charge in [0, 0.05) is 23.7 Å². The average Bonchev–Trinajstić information content (AvgIpc) is 2.44. The van der Waals surface area contributed by atoms with Crippen LogP contribution in [0.5, 0.6) is 0 Å². The van der Waals surface area contributed by atoms with Crippen molar-refractivity contribution in [2.75, 3.05) is 0 Å². The summed E-state index contributed by atoms with van der Waals surface area (Å²) in [5.41, 5.74) is 4.62. The van der Waals surface area contributed by atoms with Gasteiger partial charge in [-0.2, -0.15) is 0 Å². The third-order valence-electron chi connectivity index (χ3n) is 5.18. The van der Waals surface area contributed by atoms with Crippen LogP contribution in [0.25, 0.3) is 0 Å². The Hall–Kier alpha value is -1.50. The van der Waals surface area contributed by atoms with Gasteiger partial charge in [0.15, 0.2) is 0 Å². The summed E-state index contributed by atoms with van der Waals surface area (Å²) in [4.78, 5) is 2.66. The normalized spacial score (nSPS) is 27.7. The zero-order valence-electron chi connectivity index (χ0n) is 13.8. The van der Waals surface area contributed by atoms with E-state index >= 15 is 0 Å². The minimum Gasteiger partial charge on any atom is -0.365 e. The van der Waals surface area contributed by atoms with Crippen molar-refractivity contribution in [3.63, 3.8) is 0 Å². The van der Waals surface area contributed by atoms with E-state index in [0.717, 1.165) is 12.5 Å². The van der Waals surface area contributed by atoms with Crippen molar-refractivity contribution in [3.8, 4) is 0 Å². The molecule has 1 heteroatoms. The van der Waals surface area contributed by atoms with E-state index in [9.17, 15) is 0 Å². The van der Waals surface area contributed by atoms with E-state index < -0.39 is 0 Å². The van der Waals surface area contributed by atoms with Gasteiger partial charge in [0.25, 0.3) is 0 Å². The molecule has 0 N–H and O–H groups in total. The summed E-state index contributed by atoms with van der Waals surface area (Å²) in [6.45, 7) is 10.5. The molecule has 1 fully saturated rings. The topological polar surface area (TPSA) is 3.24 Å². The maximum absolute atomic E-state index is 2.66. The number of hydrogen-bond acceptors (Lipinski definition) is 1. The Morgan fingerprint density at radius 3 is 2.62 bits per heavy atom. The molecule has 0 amide bonds. The fourth-order valence-electron chi connectivity index (χ4n) is 4.10. The first-order valence-electron chi connectivity index (χ1n) is 8.17. The Morgan fingerprint density at radius 2 is 1.90 bits per heavy atom. The van der Waals surface area contributed by atoms with Gasteiger partial charge in [-0.05, 0) is 51.2 Å². The van der Waals surface area contributed by atoms with E-state index in [2.05, 4.69) is 75.1 Å². The predicted molar refractivity (Wildman–Crippen MR) is 89.8 cm³/mol. The fraction of sp³-hybridized carbons (Fsp3) is 0.500. The Labute approximate surface area is 129 Å². The lowest BCUT2D eigenvalue weighted by Gasteiger charge is -2.52.